The highest BCUT2D eigenvalue weighted by molar-refractivity contribution is 7.89. The van der Waals surface area contributed by atoms with Gasteiger partial charge in [-0.3, -0.25) is 14.9 Å². The van der Waals surface area contributed by atoms with Crippen LogP contribution in [0.2, 0.25) is 0 Å². The Balaban J connectivity index is 1.35. The number of hydrogen-bond acceptors (Lipinski definition) is 7. The van der Waals surface area contributed by atoms with Crippen LogP contribution in [0.1, 0.15) is 49.8 Å². The monoisotopic (exact) mass is 660 g/mol. The van der Waals surface area contributed by atoms with E-state index in [1.165, 1.54) is 10.4 Å². The summed E-state index contributed by atoms with van der Waals surface area (Å²) in [6.07, 6.45) is 0.914. The molecule has 4 N–H and O–H groups in total. The number of carbonyl (C=O) groups is 2. The van der Waals surface area contributed by atoms with Gasteiger partial charge >= 0.3 is 0 Å². The van der Waals surface area contributed by atoms with E-state index in [1.54, 1.807) is 12.1 Å². The lowest BCUT2D eigenvalue weighted by Crippen LogP contribution is -2.55. The van der Waals surface area contributed by atoms with Crippen LogP contribution in [0.5, 0.6) is 5.75 Å². The Morgan fingerprint density at radius 2 is 1.70 bits per heavy atom. The molecule has 1 heterocycles. The number of sulfonamides is 1. The average Bonchev–Trinajstić information content (AvgIpc) is 3.53. The van der Waals surface area contributed by atoms with Gasteiger partial charge in [0.25, 0.3) is 0 Å². The zero-order valence-corrected chi connectivity index (χ0v) is 27.8. The largest absolute Gasteiger partial charge is 0.493 e. The molecule has 0 aliphatic carbocycles. The second kappa shape index (κ2) is 17.1. The van der Waals surface area contributed by atoms with Crippen LogP contribution in [0.3, 0.4) is 0 Å². The molecule has 0 saturated heterocycles. The molecular formula is C36H44N4O6S. The Morgan fingerprint density at radius 1 is 1.00 bits per heavy atom. The Kier molecular flexibility index (Phi) is 13.0. The lowest BCUT2D eigenvalue weighted by atomic mass is 9.98. The SMILES string of the molecule is CC(C)CN(C(O)(CCNC(=O)CCC#CNC(=O)CNCc1ccccc1)Cc1ccccc1)S(=O)(=O)c1ccc2c(c1)CCO2. The molecule has 4 rings (SSSR count). The lowest BCUT2D eigenvalue weighted by molar-refractivity contribution is -0.121. The first-order valence-corrected chi connectivity index (χ1v) is 17.3. The van der Waals surface area contributed by atoms with E-state index < -0.39 is 15.7 Å². The fraction of sp³-hybridized carbons (Fsp3) is 0.389. The van der Waals surface area contributed by atoms with Crippen molar-refractivity contribution in [3.8, 4) is 17.7 Å². The van der Waals surface area contributed by atoms with Crippen molar-refractivity contribution in [1.29, 1.82) is 0 Å². The zero-order chi connectivity index (χ0) is 33.7. The van der Waals surface area contributed by atoms with Gasteiger partial charge in [0.15, 0.2) is 0 Å². The third-order valence-corrected chi connectivity index (χ3v) is 9.57. The van der Waals surface area contributed by atoms with Crippen LogP contribution in [-0.4, -0.2) is 61.6 Å². The minimum absolute atomic E-state index is 0.0364. The van der Waals surface area contributed by atoms with E-state index >= 15 is 0 Å². The van der Waals surface area contributed by atoms with Crippen LogP contribution in [-0.2, 0) is 39.0 Å². The number of amides is 2. The number of rotatable bonds is 16. The highest BCUT2D eigenvalue weighted by Crippen LogP contribution is 2.33. The molecule has 1 aliphatic heterocycles. The molecule has 1 aliphatic rings. The Morgan fingerprint density at radius 3 is 2.40 bits per heavy atom. The van der Waals surface area contributed by atoms with Crippen molar-refractivity contribution in [3.05, 3.63) is 95.6 Å². The number of nitrogens with zero attached hydrogens (tertiary/aromatic N) is 1. The van der Waals surface area contributed by atoms with Gasteiger partial charge in [-0.05, 0) is 40.8 Å². The second-order valence-electron chi connectivity index (χ2n) is 12.0. The summed E-state index contributed by atoms with van der Waals surface area (Å²) in [6, 6.07) is 26.3. The van der Waals surface area contributed by atoms with Crippen LogP contribution in [0.25, 0.3) is 0 Å². The predicted molar refractivity (Wildman–Crippen MR) is 180 cm³/mol. The summed E-state index contributed by atoms with van der Waals surface area (Å²) in [5.74, 6) is 2.79. The molecule has 0 spiro atoms. The molecular weight excluding hydrogens is 616 g/mol. The molecule has 3 aromatic rings. The van der Waals surface area contributed by atoms with Crippen LogP contribution < -0.4 is 20.7 Å². The van der Waals surface area contributed by atoms with Crippen molar-refractivity contribution in [3.63, 3.8) is 0 Å². The summed E-state index contributed by atoms with van der Waals surface area (Å²) in [4.78, 5) is 24.7. The molecule has 0 bridgehead atoms. The Bertz CT molecular complexity index is 1650. The smallest absolute Gasteiger partial charge is 0.245 e. The third kappa shape index (κ3) is 10.7. The maximum Gasteiger partial charge on any atom is 0.245 e. The summed E-state index contributed by atoms with van der Waals surface area (Å²) in [7, 11) is -4.14. The van der Waals surface area contributed by atoms with E-state index in [0.717, 1.165) is 16.7 Å². The predicted octanol–water partition coefficient (Wildman–Crippen LogP) is 3.35. The minimum Gasteiger partial charge on any atom is -0.493 e. The van der Waals surface area contributed by atoms with Crippen molar-refractivity contribution >= 4 is 21.8 Å². The normalized spacial score (nSPS) is 13.6. The van der Waals surface area contributed by atoms with E-state index in [0.29, 0.717) is 25.3 Å². The highest BCUT2D eigenvalue weighted by atomic mass is 32.2. The molecule has 47 heavy (non-hydrogen) atoms. The topological polar surface area (TPSA) is 137 Å². The summed E-state index contributed by atoms with van der Waals surface area (Å²) in [5, 5.41) is 20.6. The Hall–Kier alpha value is -4.21. The lowest BCUT2D eigenvalue weighted by Gasteiger charge is -2.40. The summed E-state index contributed by atoms with van der Waals surface area (Å²) >= 11 is 0. The first-order valence-electron chi connectivity index (χ1n) is 15.9. The van der Waals surface area contributed by atoms with E-state index in [9.17, 15) is 23.1 Å². The highest BCUT2D eigenvalue weighted by Gasteiger charge is 2.43. The molecule has 0 aromatic heterocycles. The molecule has 11 heteroatoms. The molecule has 10 nitrogen and oxygen atoms in total. The minimum atomic E-state index is -4.14. The van der Waals surface area contributed by atoms with Gasteiger partial charge in [0.2, 0.25) is 21.8 Å². The molecule has 250 valence electrons. The molecule has 1 atom stereocenters. The third-order valence-electron chi connectivity index (χ3n) is 7.65. The first-order chi connectivity index (χ1) is 22.6. The molecule has 2 amide bonds. The van der Waals surface area contributed by atoms with E-state index in [1.807, 2.05) is 74.5 Å². The van der Waals surface area contributed by atoms with Gasteiger partial charge in [-0.15, -0.1) is 0 Å². The number of nitrogens with one attached hydrogen (secondary N) is 3. The number of hydrogen-bond donors (Lipinski definition) is 4. The van der Waals surface area contributed by atoms with E-state index in [-0.39, 0.29) is 67.9 Å². The van der Waals surface area contributed by atoms with Crippen molar-refractivity contribution in [2.45, 2.75) is 63.1 Å². The standard InChI is InChI=1S/C36H44N4O6S/c1-28(2)27-40(47(44,45)32-16-17-33-31(23-32)18-22-46-33)36(43,24-29-11-5-3-6-12-29)19-21-39-34(41)15-9-10-20-38-35(42)26-37-25-30-13-7-4-8-14-30/h3-8,11-14,16-17,23,28,37,43H,9,15,18-19,21-22,24-27H2,1-2H3,(H,38,42)(H,39,41). The van der Waals surface area contributed by atoms with Gasteiger partial charge in [-0.2, -0.15) is 4.31 Å². The average molecular weight is 661 g/mol. The summed E-state index contributed by atoms with van der Waals surface area (Å²) < 4.78 is 35.1. The van der Waals surface area contributed by atoms with Gasteiger partial charge < -0.3 is 20.5 Å². The van der Waals surface area contributed by atoms with E-state index in [2.05, 4.69) is 27.9 Å². The van der Waals surface area contributed by atoms with Crippen molar-refractivity contribution in [1.82, 2.24) is 20.3 Å². The number of carbonyl (C=O) groups excluding carboxylic acids is 2. The number of fused-ring (bicyclic) bond motifs is 1. The fourth-order valence-electron chi connectivity index (χ4n) is 5.30. The van der Waals surface area contributed by atoms with Crippen molar-refractivity contribution in [2.24, 2.45) is 5.92 Å². The summed E-state index contributed by atoms with van der Waals surface area (Å²) in [5.41, 5.74) is 0.822. The van der Waals surface area contributed by atoms with Gasteiger partial charge in [0.05, 0.1) is 18.0 Å². The van der Waals surface area contributed by atoms with E-state index in [4.69, 9.17) is 4.74 Å². The fourth-order valence-corrected chi connectivity index (χ4v) is 7.18. The van der Waals surface area contributed by atoms with Gasteiger partial charge in [-0.1, -0.05) is 80.4 Å². The zero-order valence-electron chi connectivity index (χ0n) is 27.0. The first kappa shape index (κ1) is 35.6. The second-order valence-corrected chi connectivity index (χ2v) is 13.8. The van der Waals surface area contributed by atoms with Crippen LogP contribution in [0.4, 0.5) is 0 Å². The summed E-state index contributed by atoms with van der Waals surface area (Å²) in [6.45, 7) is 5.09. The quantitative estimate of drug-likeness (QED) is 0.105. The number of ether oxygens (including phenoxy) is 1. The molecule has 3 aromatic carbocycles. The molecule has 0 saturated carbocycles. The van der Waals surface area contributed by atoms with Gasteiger partial charge in [0, 0.05) is 57.8 Å². The Labute approximate surface area is 278 Å². The van der Waals surface area contributed by atoms with Gasteiger partial charge in [0.1, 0.15) is 11.5 Å². The van der Waals surface area contributed by atoms with Crippen molar-refractivity contribution < 1.29 is 27.9 Å². The van der Waals surface area contributed by atoms with Crippen molar-refractivity contribution in [2.75, 3.05) is 26.2 Å². The molecule has 0 radical (unpaired) electrons. The van der Waals surface area contributed by atoms with Crippen LogP contribution in [0, 0.1) is 17.9 Å². The molecule has 1 unspecified atom stereocenters. The van der Waals surface area contributed by atoms with Crippen LogP contribution in [0.15, 0.2) is 83.8 Å². The number of benzene rings is 3. The maximum absolute atomic E-state index is 14.2. The van der Waals surface area contributed by atoms with Gasteiger partial charge in [-0.25, -0.2) is 8.42 Å². The number of aliphatic hydroxyl groups is 1. The maximum atomic E-state index is 14.2. The van der Waals surface area contributed by atoms with Crippen LogP contribution >= 0.6 is 0 Å². The molecule has 0 fully saturated rings.